The fraction of sp³-hybridized carbons (Fsp3) is 0.571. The van der Waals surface area contributed by atoms with Gasteiger partial charge in [-0.2, -0.15) is 0 Å². The molecule has 0 fully saturated rings. The summed E-state index contributed by atoms with van der Waals surface area (Å²) in [6.45, 7) is 4.17. The molecule has 0 aliphatic heterocycles. The van der Waals surface area contributed by atoms with E-state index in [0.717, 1.165) is 12.8 Å². The SMILES string of the molecule is CCC(N)(CC)CNS(=O)(=O)Cc1cccc(OC)c1.Cl. The van der Waals surface area contributed by atoms with Crippen LogP contribution < -0.4 is 15.2 Å². The summed E-state index contributed by atoms with van der Waals surface area (Å²) in [5.41, 5.74) is 6.30. The molecule has 0 atom stereocenters. The molecule has 0 spiro atoms. The van der Waals surface area contributed by atoms with Crippen molar-refractivity contribution in [3.63, 3.8) is 0 Å². The Morgan fingerprint density at radius 1 is 1.29 bits per heavy atom. The second kappa shape index (κ2) is 8.58. The van der Waals surface area contributed by atoms with Gasteiger partial charge in [-0.25, -0.2) is 13.1 Å². The van der Waals surface area contributed by atoms with E-state index in [2.05, 4.69) is 4.72 Å². The molecular formula is C14H25ClN2O3S. The zero-order chi connectivity index (χ0) is 15.2. The Hall–Kier alpha value is -0.820. The number of sulfonamides is 1. The van der Waals surface area contributed by atoms with Crippen molar-refractivity contribution < 1.29 is 13.2 Å². The summed E-state index contributed by atoms with van der Waals surface area (Å²) >= 11 is 0. The molecule has 21 heavy (non-hydrogen) atoms. The van der Waals surface area contributed by atoms with Crippen LogP contribution in [0.4, 0.5) is 0 Å². The smallest absolute Gasteiger partial charge is 0.215 e. The monoisotopic (exact) mass is 336 g/mol. The molecule has 3 N–H and O–H groups in total. The van der Waals surface area contributed by atoms with Crippen LogP contribution >= 0.6 is 12.4 Å². The van der Waals surface area contributed by atoms with Crippen LogP contribution in [0.5, 0.6) is 5.75 Å². The number of nitrogens with one attached hydrogen (secondary N) is 1. The van der Waals surface area contributed by atoms with E-state index in [4.69, 9.17) is 10.5 Å². The Labute approximate surface area is 133 Å². The molecule has 122 valence electrons. The average Bonchev–Trinajstić information content (AvgIpc) is 2.44. The minimum absolute atomic E-state index is 0. The highest BCUT2D eigenvalue weighted by atomic mass is 35.5. The van der Waals surface area contributed by atoms with Crippen LogP contribution in [0.3, 0.4) is 0 Å². The third-order valence-corrected chi connectivity index (χ3v) is 4.84. The van der Waals surface area contributed by atoms with Gasteiger partial charge in [0.2, 0.25) is 10.0 Å². The molecule has 0 radical (unpaired) electrons. The van der Waals surface area contributed by atoms with Crippen molar-refractivity contribution in [1.29, 1.82) is 0 Å². The first kappa shape index (κ1) is 20.2. The summed E-state index contributed by atoms with van der Waals surface area (Å²) < 4.78 is 31.8. The van der Waals surface area contributed by atoms with Crippen LogP contribution in [0.2, 0.25) is 0 Å². The van der Waals surface area contributed by atoms with Crippen LogP contribution in [-0.2, 0) is 15.8 Å². The maximum absolute atomic E-state index is 12.1. The van der Waals surface area contributed by atoms with Crippen molar-refractivity contribution in [2.24, 2.45) is 5.73 Å². The molecular weight excluding hydrogens is 312 g/mol. The van der Waals surface area contributed by atoms with Crippen molar-refractivity contribution in [2.75, 3.05) is 13.7 Å². The molecule has 5 nitrogen and oxygen atoms in total. The summed E-state index contributed by atoms with van der Waals surface area (Å²) in [5, 5.41) is 0. The highest BCUT2D eigenvalue weighted by Crippen LogP contribution is 2.15. The number of benzene rings is 1. The Bertz CT molecular complexity index is 531. The number of ether oxygens (including phenoxy) is 1. The predicted molar refractivity (Wildman–Crippen MR) is 88.4 cm³/mol. The first-order chi connectivity index (χ1) is 9.34. The first-order valence-electron chi connectivity index (χ1n) is 6.73. The van der Waals surface area contributed by atoms with Gasteiger partial charge in [0.1, 0.15) is 5.75 Å². The molecule has 0 amide bonds. The van der Waals surface area contributed by atoms with Crippen LogP contribution in [-0.4, -0.2) is 27.6 Å². The lowest BCUT2D eigenvalue weighted by Crippen LogP contribution is -2.49. The van der Waals surface area contributed by atoms with Gasteiger partial charge in [0.25, 0.3) is 0 Å². The molecule has 7 heteroatoms. The number of methoxy groups -OCH3 is 1. The Kier molecular flexibility index (Phi) is 8.25. The molecule has 0 aliphatic carbocycles. The molecule has 0 aliphatic rings. The third-order valence-electron chi connectivity index (χ3n) is 3.54. The number of hydrogen-bond donors (Lipinski definition) is 2. The van der Waals surface area contributed by atoms with E-state index in [0.29, 0.717) is 11.3 Å². The summed E-state index contributed by atoms with van der Waals surface area (Å²) in [7, 11) is -1.85. The summed E-state index contributed by atoms with van der Waals surface area (Å²) in [5.74, 6) is 0.571. The topological polar surface area (TPSA) is 81.4 Å². The zero-order valence-corrected chi connectivity index (χ0v) is 14.4. The Balaban J connectivity index is 0.00000400. The summed E-state index contributed by atoms with van der Waals surface area (Å²) in [6.07, 6.45) is 1.45. The van der Waals surface area contributed by atoms with Crippen molar-refractivity contribution in [3.8, 4) is 5.75 Å². The number of hydrogen-bond acceptors (Lipinski definition) is 4. The van der Waals surface area contributed by atoms with Gasteiger partial charge in [-0.15, -0.1) is 12.4 Å². The molecule has 0 heterocycles. The molecule has 1 aromatic carbocycles. The van der Waals surface area contributed by atoms with E-state index in [1.54, 1.807) is 31.4 Å². The number of nitrogens with two attached hydrogens (primary N) is 1. The van der Waals surface area contributed by atoms with E-state index >= 15 is 0 Å². The second-order valence-corrected chi connectivity index (χ2v) is 6.81. The number of rotatable bonds is 8. The molecule has 0 unspecified atom stereocenters. The van der Waals surface area contributed by atoms with Gasteiger partial charge in [0.15, 0.2) is 0 Å². The molecule has 0 bridgehead atoms. The van der Waals surface area contributed by atoms with Crippen molar-refractivity contribution in [1.82, 2.24) is 4.72 Å². The van der Waals surface area contributed by atoms with Gasteiger partial charge >= 0.3 is 0 Å². The van der Waals surface area contributed by atoms with E-state index in [9.17, 15) is 8.42 Å². The molecule has 1 aromatic rings. The standard InChI is InChI=1S/C14H24N2O3S.ClH/c1-4-14(15,5-2)11-16-20(17,18)10-12-7-6-8-13(9-12)19-3;/h6-9,16H,4-5,10-11,15H2,1-3H3;1H. The van der Waals surface area contributed by atoms with Crippen LogP contribution in [0.25, 0.3) is 0 Å². The van der Waals surface area contributed by atoms with Crippen LogP contribution in [0.15, 0.2) is 24.3 Å². The fourth-order valence-corrected chi connectivity index (χ4v) is 3.01. The van der Waals surface area contributed by atoms with Gasteiger partial charge < -0.3 is 10.5 Å². The Morgan fingerprint density at radius 2 is 1.90 bits per heavy atom. The van der Waals surface area contributed by atoms with Gasteiger partial charge in [0.05, 0.1) is 12.9 Å². The van der Waals surface area contributed by atoms with Gasteiger partial charge in [-0.3, -0.25) is 0 Å². The lowest BCUT2D eigenvalue weighted by molar-refractivity contribution is 0.391. The first-order valence-corrected chi connectivity index (χ1v) is 8.38. The highest BCUT2D eigenvalue weighted by molar-refractivity contribution is 7.88. The quantitative estimate of drug-likeness (QED) is 0.761. The minimum Gasteiger partial charge on any atom is -0.497 e. The normalized spacial score (nSPS) is 11.8. The third kappa shape index (κ3) is 6.65. The van der Waals surface area contributed by atoms with E-state index in [-0.39, 0.29) is 24.7 Å². The Morgan fingerprint density at radius 3 is 2.43 bits per heavy atom. The fourth-order valence-electron chi connectivity index (χ4n) is 1.79. The van der Waals surface area contributed by atoms with Gasteiger partial charge in [-0.1, -0.05) is 26.0 Å². The van der Waals surface area contributed by atoms with Crippen molar-refractivity contribution in [2.45, 2.75) is 38.0 Å². The van der Waals surface area contributed by atoms with E-state index in [1.807, 2.05) is 13.8 Å². The average molecular weight is 337 g/mol. The van der Waals surface area contributed by atoms with Crippen molar-refractivity contribution in [3.05, 3.63) is 29.8 Å². The van der Waals surface area contributed by atoms with Crippen LogP contribution in [0, 0.1) is 0 Å². The molecule has 0 saturated carbocycles. The summed E-state index contributed by atoms with van der Waals surface area (Å²) in [6, 6.07) is 7.03. The predicted octanol–water partition coefficient (Wildman–Crippen LogP) is 2.05. The largest absolute Gasteiger partial charge is 0.497 e. The minimum atomic E-state index is -3.40. The lowest BCUT2D eigenvalue weighted by Gasteiger charge is -2.26. The zero-order valence-electron chi connectivity index (χ0n) is 12.8. The molecule has 1 rings (SSSR count). The highest BCUT2D eigenvalue weighted by Gasteiger charge is 2.23. The van der Waals surface area contributed by atoms with Gasteiger partial charge in [0, 0.05) is 12.1 Å². The lowest BCUT2D eigenvalue weighted by atomic mass is 9.95. The molecule has 0 saturated heterocycles. The summed E-state index contributed by atoms with van der Waals surface area (Å²) in [4.78, 5) is 0. The van der Waals surface area contributed by atoms with E-state index in [1.165, 1.54) is 0 Å². The maximum atomic E-state index is 12.1. The van der Waals surface area contributed by atoms with Crippen molar-refractivity contribution >= 4 is 22.4 Å². The maximum Gasteiger partial charge on any atom is 0.215 e. The van der Waals surface area contributed by atoms with E-state index < -0.39 is 15.6 Å². The molecule has 0 aromatic heterocycles. The van der Waals surface area contributed by atoms with Gasteiger partial charge in [-0.05, 0) is 30.5 Å². The second-order valence-electron chi connectivity index (χ2n) is 5.00. The van der Waals surface area contributed by atoms with Crippen LogP contribution in [0.1, 0.15) is 32.3 Å². The number of halogens is 1.